The molecule has 13 aromatic carbocycles. The van der Waals surface area contributed by atoms with Crippen molar-refractivity contribution >= 4 is 101 Å². The highest BCUT2D eigenvalue weighted by molar-refractivity contribution is 7.00. The molecule has 4 nitrogen and oxygen atoms in total. The molecule has 2 aromatic heterocycles. The number of hydrogen-bond acceptors (Lipinski definition) is 2. The van der Waals surface area contributed by atoms with E-state index in [1.807, 2.05) is 120 Å². The Morgan fingerprint density at radius 1 is 0.305 bits per heavy atom. The van der Waals surface area contributed by atoms with Gasteiger partial charge < -0.3 is 18.9 Å². The van der Waals surface area contributed by atoms with Crippen LogP contribution in [0.3, 0.4) is 0 Å². The standard InChI is InChI=1S/C90H75BN4/c1-88(2,3)63-34-26-32-60(50-63)73-54-65(90(7,8)9)55-74(61-33-27-35-64(51-61)89(4,5)6)87(73)95-83-57-67(93-80-44-24-19-39-71(80)72-40-20-25-45-81(72)93)47-49-76(83)91-75-48-46-66(92-78-42-22-17-37-69(78)70-38-18-23-43-79(70)92)56-82(75)94(77-41-21-16-36-68(77)59-30-14-11-15-31-59)84-52-62(53-85(95)86(84)91)58-28-12-10-13-29-58/h10-57H,1-9H3/i17D,18D,19D,20D,22D,23D,24D,25D,37D,38D,39D,40D,42D,43D,44D,45D,46D,47D,48D,49D,56D,57D. The third-order valence-electron chi connectivity index (χ3n) is 18.7. The lowest BCUT2D eigenvalue weighted by Crippen LogP contribution is -2.61. The Balaban J connectivity index is 1.16. The molecule has 0 radical (unpaired) electrons. The zero-order valence-electron chi connectivity index (χ0n) is 75.9. The van der Waals surface area contributed by atoms with Gasteiger partial charge in [0.05, 0.1) is 63.6 Å². The van der Waals surface area contributed by atoms with E-state index in [0.717, 1.165) is 25.8 Å². The fraction of sp³-hybridized carbons (Fsp3) is 0.133. The molecular weight excluding hydrogens is 1150 g/mol. The van der Waals surface area contributed by atoms with Crippen molar-refractivity contribution in [2.45, 2.75) is 78.6 Å². The van der Waals surface area contributed by atoms with Crippen LogP contribution in [0.4, 0.5) is 34.1 Å². The van der Waals surface area contributed by atoms with E-state index in [-0.39, 0.29) is 43.8 Å². The van der Waals surface area contributed by atoms with Gasteiger partial charge in [0, 0.05) is 72.4 Å². The molecule has 15 aromatic rings. The van der Waals surface area contributed by atoms with Crippen molar-refractivity contribution in [3.05, 3.63) is 307 Å². The maximum Gasteiger partial charge on any atom is 0.252 e. The topological polar surface area (TPSA) is 16.3 Å². The van der Waals surface area contributed by atoms with Gasteiger partial charge in [-0.05, 0) is 156 Å². The minimum atomic E-state index is -1.62. The lowest BCUT2D eigenvalue weighted by Gasteiger charge is -2.46. The van der Waals surface area contributed by atoms with Crippen molar-refractivity contribution in [1.29, 1.82) is 0 Å². The minimum Gasteiger partial charge on any atom is -0.311 e. The first-order chi connectivity index (χ1) is 55.2. The maximum absolute atomic E-state index is 11.8. The summed E-state index contributed by atoms with van der Waals surface area (Å²) in [5.41, 5.74) is 4.65. The second kappa shape index (κ2) is 21.9. The van der Waals surface area contributed by atoms with Gasteiger partial charge in [0.25, 0.3) is 6.71 Å². The summed E-state index contributed by atoms with van der Waals surface area (Å²) in [5, 5.41) is -1.39. The zero-order chi connectivity index (χ0) is 83.8. The zero-order valence-corrected chi connectivity index (χ0v) is 53.9. The van der Waals surface area contributed by atoms with Crippen LogP contribution in [0, 0.1) is 0 Å². The van der Waals surface area contributed by atoms with Crippen LogP contribution in [-0.4, -0.2) is 15.8 Å². The van der Waals surface area contributed by atoms with Gasteiger partial charge >= 0.3 is 0 Å². The van der Waals surface area contributed by atoms with Crippen LogP contribution in [-0.2, 0) is 16.2 Å². The lowest BCUT2D eigenvalue weighted by atomic mass is 9.33. The van der Waals surface area contributed by atoms with Crippen molar-refractivity contribution < 1.29 is 30.2 Å². The Kier molecular flexibility index (Phi) is 8.97. The molecule has 0 atom stereocenters. The summed E-state index contributed by atoms with van der Waals surface area (Å²) < 4.78 is 220. The van der Waals surface area contributed by atoms with E-state index < -0.39 is 189 Å². The highest BCUT2D eigenvalue weighted by Crippen LogP contribution is 2.54. The lowest BCUT2D eigenvalue weighted by molar-refractivity contribution is 0.589. The van der Waals surface area contributed by atoms with Crippen LogP contribution in [0.1, 0.15) is 109 Å². The summed E-state index contributed by atoms with van der Waals surface area (Å²) in [5.74, 6) is 0. The first-order valence-electron chi connectivity index (χ1n) is 42.9. The summed E-state index contributed by atoms with van der Waals surface area (Å²) in [4.78, 5) is 3.70. The maximum atomic E-state index is 11.8. The fourth-order valence-corrected chi connectivity index (χ4v) is 13.9. The summed E-state index contributed by atoms with van der Waals surface area (Å²) in [6.45, 7) is 17.4. The van der Waals surface area contributed by atoms with Crippen LogP contribution < -0.4 is 26.2 Å². The Morgan fingerprint density at radius 2 is 0.705 bits per heavy atom. The van der Waals surface area contributed by atoms with Crippen LogP contribution >= 0.6 is 0 Å². The number of benzene rings is 13. The highest BCUT2D eigenvalue weighted by Gasteiger charge is 2.46. The van der Waals surface area contributed by atoms with Crippen LogP contribution in [0.25, 0.3) is 99.5 Å². The molecular formula is C90H75BN4. The Bertz CT molecular complexity index is 6700. The van der Waals surface area contributed by atoms with E-state index in [0.29, 0.717) is 72.7 Å². The van der Waals surface area contributed by atoms with Gasteiger partial charge in [-0.15, -0.1) is 0 Å². The number of hydrogen-bond donors (Lipinski definition) is 0. The number of aromatic nitrogens is 2. The number of nitrogens with zero attached hydrogens (tertiary/aromatic N) is 4. The van der Waals surface area contributed by atoms with E-state index >= 15 is 0 Å². The van der Waals surface area contributed by atoms with Gasteiger partial charge in [0.2, 0.25) is 0 Å². The SMILES string of the molecule is [2H]c1c([2H])c(-n2c3c([2H])c([2H])c([2H])c([2H])c3c3c([2H])c([2H])c([2H])c([2H])c32)c([2H])c2c1B1c3c(cc(-c4ccccc4)cc3N(c3c(-c4cccc(C(C)(C)C)c4)cc(C(C)(C)C)cc3-c3cccc(C(C)(C)C)c3)c3c([2H])c(-n4c5c([2H])c([2H])c([2H])c([2H])c5c5c([2H])c([2H])c([2H])c([2H])c54)c([2H])c([2H])c31)N2c1ccccc1-c1ccccc1. The van der Waals surface area contributed by atoms with Crippen LogP contribution in [0.2, 0.25) is 0 Å². The molecule has 0 saturated carbocycles. The smallest absolute Gasteiger partial charge is 0.252 e. The number of rotatable bonds is 8. The molecule has 5 heteroatoms. The third-order valence-corrected chi connectivity index (χ3v) is 18.7. The van der Waals surface area contributed by atoms with E-state index in [1.54, 1.807) is 11.0 Å². The first kappa shape index (κ1) is 39.0. The Morgan fingerprint density at radius 3 is 1.17 bits per heavy atom. The normalized spacial score (nSPS) is 16.3. The largest absolute Gasteiger partial charge is 0.311 e. The van der Waals surface area contributed by atoms with Crippen molar-refractivity contribution in [1.82, 2.24) is 9.13 Å². The van der Waals surface area contributed by atoms with Crippen LogP contribution in [0.5, 0.6) is 0 Å². The molecule has 0 unspecified atom stereocenters. The van der Waals surface area contributed by atoms with Crippen molar-refractivity contribution in [3.63, 3.8) is 0 Å². The van der Waals surface area contributed by atoms with Crippen molar-refractivity contribution in [3.8, 4) is 55.9 Å². The van der Waals surface area contributed by atoms with E-state index in [4.69, 9.17) is 5.48 Å². The van der Waals surface area contributed by atoms with E-state index in [2.05, 4.69) is 98.7 Å². The molecule has 458 valence electrons. The number of fused-ring (bicyclic) bond motifs is 10. The van der Waals surface area contributed by atoms with Crippen molar-refractivity contribution in [2.24, 2.45) is 0 Å². The summed E-state index contributed by atoms with van der Waals surface area (Å²) in [7, 11) is 0. The molecule has 0 spiro atoms. The van der Waals surface area contributed by atoms with E-state index in [9.17, 15) is 24.7 Å². The number of para-hydroxylation sites is 5. The van der Waals surface area contributed by atoms with Crippen LogP contribution in [0.15, 0.2) is 291 Å². The fourth-order valence-electron chi connectivity index (χ4n) is 13.9. The molecule has 2 aliphatic heterocycles. The van der Waals surface area contributed by atoms with E-state index in [1.165, 1.54) is 0 Å². The predicted molar refractivity (Wildman–Crippen MR) is 407 cm³/mol. The molecule has 0 amide bonds. The highest BCUT2D eigenvalue weighted by atomic mass is 15.2. The molecule has 0 saturated heterocycles. The third kappa shape index (κ3) is 9.49. The van der Waals surface area contributed by atoms with Gasteiger partial charge in [-0.2, -0.15) is 0 Å². The molecule has 4 heterocycles. The van der Waals surface area contributed by atoms with Gasteiger partial charge in [0.15, 0.2) is 0 Å². The Hall–Kier alpha value is -10.9. The second-order valence-electron chi connectivity index (χ2n) is 27.6. The van der Waals surface area contributed by atoms with Gasteiger partial charge in [-0.1, -0.05) is 274 Å². The molecule has 2 aliphatic rings. The molecule has 17 rings (SSSR count). The summed E-state index contributed by atoms with van der Waals surface area (Å²) in [6.07, 6.45) is 0. The van der Waals surface area contributed by atoms with Gasteiger partial charge in [-0.25, -0.2) is 0 Å². The summed E-state index contributed by atoms with van der Waals surface area (Å²) >= 11 is 0. The van der Waals surface area contributed by atoms with Crippen molar-refractivity contribution in [2.75, 3.05) is 9.80 Å². The molecule has 0 aliphatic carbocycles. The summed E-state index contributed by atoms with van der Waals surface area (Å²) in [6, 6.07) is 34.9. The average molecular weight is 1250 g/mol. The molecule has 0 fully saturated rings. The van der Waals surface area contributed by atoms with Gasteiger partial charge in [0.1, 0.15) is 0 Å². The quantitative estimate of drug-likeness (QED) is 0.141. The second-order valence-corrected chi connectivity index (χ2v) is 27.6. The predicted octanol–water partition coefficient (Wildman–Crippen LogP) is 22.5. The Labute approximate surface area is 589 Å². The molecule has 0 N–H and O–H groups in total. The minimum absolute atomic E-state index is 0.150. The first-order valence-corrected chi connectivity index (χ1v) is 31.9. The number of anilines is 6. The average Bonchev–Trinajstić information content (AvgIpc) is 1.40. The monoisotopic (exact) mass is 1240 g/mol. The van der Waals surface area contributed by atoms with Gasteiger partial charge in [-0.3, -0.25) is 0 Å². The molecule has 0 bridgehead atoms. The molecule has 95 heavy (non-hydrogen) atoms.